The van der Waals surface area contributed by atoms with Gasteiger partial charge in [0, 0.05) is 5.57 Å². The fourth-order valence-corrected chi connectivity index (χ4v) is 4.16. The van der Waals surface area contributed by atoms with Crippen LogP contribution in [0.1, 0.15) is 62.5 Å². The minimum absolute atomic E-state index is 0.197. The van der Waals surface area contributed by atoms with E-state index < -0.39 is 5.97 Å². The van der Waals surface area contributed by atoms with Gasteiger partial charge in [-0.05, 0) is 73.4 Å². The minimum Gasteiger partial charge on any atom is -0.490 e. The van der Waals surface area contributed by atoms with E-state index in [4.69, 9.17) is 15.2 Å². The van der Waals surface area contributed by atoms with Gasteiger partial charge >= 0.3 is 5.97 Å². The molecule has 2 aromatic carbocycles. The second-order valence-corrected chi connectivity index (χ2v) is 8.44. The molecule has 4 nitrogen and oxygen atoms in total. The van der Waals surface area contributed by atoms with Crippen molar-refractivity contribution in [3.05, 3.63) is 65.7 Å². The molecular formula is C27H35NO3. The molecule has 3 rings (SSSR count). The van der Waals surface area contributed by atoms with Gasteiger partial charge in [-0.3, -0.25) is 0 Å². The molecule has 1 aliphatic carbocycles. The molecule has 1 saturated carbocycles. The number of benzene rings is 2. The maximum absolute atomic E-state index is 11.6. The summed E-state index contributed by atoms with van der Waals surface area (Å²) in [7, 11) is 0. The molecule has 0 bridgehead atoms. The second kappa shape index (κ2) is 11.7. The van der Waals surface area contributed by atoms with E-state index in [2.05, 4.69) is 49.0 Å². The molecule has 0 aromatic heterocycles. The zero-order valence-corrected chi connectivity index (χ0v) is 18.7. The lowest BCUT2D eigenvalue weighted by Gasteiger charge is -2.22. The summed E-state index contributed by atoms with van der Waals surface area (Å²) in [6, 6.07) is 15.4. The Morgan fingerprint density at radius 2 is 1.74 bits per heavy atom. The first kappa shape index (κ1) is 23.1. The van der Waals surface area contributed by atoms with Gasteiger partial charge in [-0.25, -0.2) is 4.79 Å². The van der Waals surface area contributed by atoms with Crippen molar-refractivity contribution >= 4 is 5.97 Å². The zero-order valence-electron chi connectivity index (χ0n) is 18.7. The Bertz CT molecular complexity index is 867. The average molecular weight is 422 g/mol. The number of carbonyl (C=O) groups is 1. The third kappa shape index (κ3) is 6.70. The highest BCUT2D eigenvalue weighted by atomic mass is 16.6. The summed E-state index contributed by atoms with van der Waals surface area (Å²) in [5.41, 5.74) is 11.0. The molecule has 0 atom stereocenters. The summed E-state index contributed by atoms with van der Waals surface area (Å²) in [4.78, 5) is 11.6. The Hall–Kier alpha value is -2.59. The van der Waals surface area contributed by atoms with Crippen LogP contribution in [0.25, 0.3) is 11.1 Å². The third-order valence-electron chi connectivity index (χ3n) is 5.96. The first-order valence-corrected chi connectivity index (χ1v) is 11.5. The lowest BCUT2D eigenvalue weighted by Crippen LogP contribution is -2.13. The molecular weight excluding hydrogens is 386 g/mol. The van der Waals surface area contributed by atoms with Crippen LogP contribution in [-0.4, -0.2) is 25.7 Å². The van der Waals surface area contributed by atoms with Crippen LogP contribution in [-0.2, 0) is 16.0 Å². The van der Waals surface area contributed by atoms with Crippen molar-refractivity contribution in [3.63, 3.8) is 0 Å². The molecule has 0 spiro atoms. The molecule has 166 valence electrons. The molecule has 1 aliphatic rings. The monoisotopic (exact) mass is 421 g/mol. The molecule has 31 heavy (non-hydrogen) atoms. The van der Waals surface area contributed by atoms with Gasteiger partial charge in [-0.1, -0.05) is 62.2 Å². The molecule has 0 unspecified atom stereocenters. The molecule has 4 heteroatoms. The number of esters is 1. The van der Waals surface area contributed by atoms with Crippen LogP contribution in [0.4, 0.5) is 0 Å². The fourth-order valence-electron chi connectivity index (χ4n) is 4.16. The highest BCUT2D eigenvalue weighted by Gasteiger charge is 2.15. The summed E-state index contributed by atoms with van der Waals surface area (Å²) in [6.45, 7) is 6.37. The lowest BCUT2D eigenvalue weighted by molar-refractivity contribution is -0.139. The predicted molar refractivity (Wildman–Crippen MR) is 126 cm³/mol. The quantitative estimate of drug-likeness (QED) is 0.300. The van der Waals surface area contributed by atoms with Gasteiger partial charge in [0.15, 0.2) is 0 Å². The van der Waals surface area contributed by atoms with Crippen LogP contribution in [0, 0.1) is 0 Å². The number of ether oxygens (including phenoxy) is 2. The van der Waals surface area contributed by atoms with Crippen molar-refractivity contribution in [2.45, 2.75) is 57.8 Å². The Morgan fingerprint density at radius 1 is 1.03 bits per heavy atom. The van der Waals surface area contributed by atoms with Crippen LogP contribution in [0.15, 0.2) is 54.6 Å². The van der Waals surface area contributed by atoms with Crippen LogP contribution >= 0.6 is 0 Å². The van der Waals surface area contributed by atoms with Crippen LogP contribution in [0.3, 0.4) is 0 Å². The lowest BCUT2D eigenvalue weighted by atomic mass is 9.83. The topological polar surface area (TPSA) is 61.5 Å². The van der Waals surface area contributed by atoms with Crippen LogP contribution in [0.5, 0.6) is 5.75 Å². The summed E-state index contributed by atoms with van der Waals surface area (Å²) in [5, 5.41) is 0. The van der Waals surface area contributed by atoms with Gasteiger partial charge in [0.05, 0.1) is 0 Å². The Kier molecular flexibility index (Phi) is 8.72. The molecule has 0 aliphatic heterocycles. The summed E-state index contributed by atoms with van der Waals surface area (Å²) in [6.07, 6.45) is 8.44. The first-order chi connectivity index (χ1) is 15.1. The number of nitrogens with two attached hydrogens (primary N) is 1. The van der Waals surface area contributed by atoms with Gasteiger partial charge in [-0.15, -0.1) is 0 Å². The van der Waals surface area contributed by atoms with Crippen molar-refractivity contribution < 1.29 is 14.3 Å². The van der Waals surface area contributed by atoms with E-state index in [1.54, 1.807) is 6.92 Å². The Morgan fingerprint density at radius 3 is 2.42 bits per heavy atom. The summed E-state index contributed by atoms with van der Waals surface area (Å²) < 4.78 is 11.1. The standard InChI is InChI=1S/C27H35NO3/c1-20(2)27(29)31-18-17-30-26-19-25(15-14-24(26)9-6-16-28)23-12-10-22(11-13-23)21-7-4-3-5-8-21/h10-15,19,21H,1,3-9,16-18,28H2,2H3. The third-order valence-corrected chi connectivity index (χ3v) is 5.96. The van der Waals surface area contributed by atoms with Crippen LogP contribution in [0.2, 0.25) is 0 Å². The minimum atomic E-state index is -0.390. The maximum atomic E-state index is 11.6. The fraction of sp³-hybridized carbons (Fsp3) is 0.444. The first-order valence-electron chi connectivity index (χ1n) is 11.5. The number of carbonyl (C=O) groups excluding carboxylic acids is 1. The average Bonchev–Trinajstić information content (AvgIpc) is 2.81. The van der Waals surface area contributed by atoms with Crippen molar-refractivity contribution in [2.75, 3.05) is 19.8 Å². The van der Waals surface area contributed by atoms with Gasteiger partial charge in [0.25, 0.3) is 0 Å². The van der Waals surface area contributed by atoms with E-state index in [9.17, 15) is 4.79 Å². The predicted octanol–water partition coefficient (Wildman–Crippen LogP) is 5.79. The van der Waals surface area contributed by atoms with Gasteiger partial charge in [0.2, 0.25) is 0 Å². The number of hydrogen-bond acceptors (Lipinski definition) is 4. The van der Waals surface area contributed by atoms with Gasteiger partial charge in [-0.2, -0.15) is 0 Å². The molecule has 0 heterocycles. The van der Waals surface area contributed by atoms with Crippen molar-refractivity contribution in [2.24, 2.45) is 5.73 Å². The van der Waals surface area contributed by atoms with E-state index >= 15 is 0 Å². The number of hydrogen-bond donors (Lipinski definition) is 1. The molecule has 2 aromatic rings. The van der Waals surface area contributed by atoms with Gasteiger partial charge in [0.1, 0.15) is 19.0 Å². The number of aryl methyl sites for hydroxylation is 1. The SMILES string of the molecule is C=C(C)C(=O)OCCOc1cc(-c2ccc(C3CCCCC3)cc2)ccc1CCCN. The highest BCUT2D eigenvalue weighted by Crippen LogP contribution is 2.34. The molecule has 0 radical (unpaired) electrons. The summed E-state index contributed by atoms with van der Waals surface area (Å²) >= 11 is 0. The normalized spacial score (nSPS) is 14.3. The van der Waals surface area contributed by atoms with Gasteiger partial charge < -0.3 is 15.2 Å². The maximum Gasteiger partial charge on any atom is 0.333 e. The smallest absolute Gasteiger partial charge is 0.333 e. The van der Waals surface area contributed by atoms with E-state index in [0.717, 1.165) is 29.7 Å². The van der Waals surface area contributed by atoms with E-state index in [1.165, 1.54) is 43.2 Å². The van der Waals surface area contributed by atoms with Crippen molar-refractivity contribution in [1.29, 1.82) is 0 Å². The summed E-state index contributed by atoms with van der Waals surface area (Å²) in [5.74, 6) is 1.15. The zero-order chi connectivity index (χ0) is 22.1. The Labute approximate surface area is 186 Å². The number of rotatable bonds is 10. The van der Waals surface area contributed by atoms with Crippen molar-refractivity contribution in [3.8, 4) is 16.9 Å². The highest BCUT2D eigenvalue weighted by molar-refractivity contribution is 5.86. The molecule has 0 amide bonds. The molecule has 1 fully saturated rings. The largest absolute Gasteiger partial charge is 0.490 e. The molecule has 2 N–H and O–H groups in total. The van der Waals surface area contributed by atoms with E-state index in [-0.39, 0.29) is 6.61 Å². The van der Waals surface area contributed by atoms with E-state index in [1.807, 2.05) is 0 Å². The second-order valence-electron chi connectivity index (χ2n) is 8.44. The van der Waals surface area contributed by atoms with Crippen molar-refractivity contribution in [1.82, 2.24) is 0 Å². The molecule has 0 saturated heterocycles. The van der Waals surface area contributed by atoms with E-state index in [0.29, 0.717) is 24.6 Å². The Balaban J connectivity index is 1.70. The van der Waals surface area contributed by atoms with Crippen LogP contribution < -0.4 is 10.5 Å².